The topological polar surface area (TPSA) is 130 Å². The van der Waals surface area contributed by atoms with Crippen molar-refractivity contribution in [2.45, 2.75) is 40.6 Å². The highest BCUT2D eigenvalue weighted by Gasteiger charge is 2.17. The van der Waals surface area contributed by atoms with Crippen LogP contribution in [0, 0.1) is 0 Å². The van der Waals surface area contributed by atoms with Crippen LogP contribution in [0.5, 0.6) is 0 Å². The minimum atomic E-state index is -0.900. The first kappa shape index (κ1) is 26.9. The molecular weight excluding hydrogens is 432 g/mol. The predicted molar refractivity (Wildman–Crippen MR) is 115 cm³/mol. The fourth-order valence-electron chi connectivity index (χ4n) is 2.23. The maximum Gasteiger partial charge on any atom is 0.341 e. The molecule has 0 atom stereocenters. The van der Waals surface area contributed by atoms with Gasteiger partial charge in [0.15, 0.2) is 17.3 Å². The summed E-state index contributed by atoms with van der Waals surface area (Å²) in [6.07, 6.45) is 0. The van der Waals surface area contributed by atoms with Gasteiger partial charge in [0.05, 0.1) is 16.7 Å². The number of hydrogen-bond acceptors (Lipinski definition) is 9. The summed E-state index contributed by atoms with van der Waals surface area (Å²) in [5.74, 6) is -4.31. The summed E-state index contributed by atoms with van der Waals surface area (Å²) < 4.78 is 15.2. The van der Waals surface area contributed by atoms with Gasteiger partial charge in [-0.3, -0.25) is 14.4 Å². The number of benzene rings is 1. The second-order valence-electron chi connectivity index (χ2n) is 6.99. The lowest BCUT2D eigenvalue weighted by atomic mass is 10.1. The largest absolute Gasteiger partial charge is 0.457 e. The minimum Gasteiger partial charge on any atom is -0.457 e. The van der Waals surface area contributed by atoms with Gasteiger partial charge in [-0.1, -0.05) is 19.7 Å². The Labute approximate surface area is 190 Å². The Bertz CT molecular complexity index is 914. The van der Waals surface area contributed by atoms with Gasteiger partial charge >= 0.3 is 17.9 Å². The number of ketones is 3. The first-order chi connectivity index (χ1) is 15.3. The van der Waals surface area contributed by atoms with Crippen molar-refractivity contribution < 1.29 is 43.0 Å². The Hall–Kier alpha value is -4.14. The van der Waals surface area contributed by atoms with Crippen molar-refractivity contribution in [1.82, 2.24) is 0 Å². The second kappa shape index (κ2) is 12.0. The third kappa shape index (κ3) is 8.48. The number of Topliss-reactive ketones (excluding diaryl/α,β-unsaturated/α-hetero) is 3. The molecule has 0 saturated carbocycles. The van der Waals surface area contributed by atoms with Crippen molar-refractivity contribution in [3.8, 4) is 0 Å². The number of esters is 3. The number of rotatable bonds is 12. The van der Waals surface area contributed by atoms with Crippen LogP contribution in [0.3, 0.4) is 0 Å². The molecule has 0 unspecified atom stereocenters. The van der Waals surface area contributed by atoms with Crippen molar-refractivity contribution >= 4 is 35.3 Å². The third-order valence-corrected chi connectivity index (χ3v) is 4.24. The molecule has 0 aliphatic rings. The molecule has 0 amide bonds. The lowest BCUT2D eigenvalue weighted by molar-refractivity contribution is -0.142. The number of carbonyl (C=O) groups is 6. The Morgan fingerprint density at radius 1 is 0.545 bits per heavy atom. The monoisotopic (exact) mass is 456 g/mol. The van der Waals surface area contributed by atoms with Crippen LogP contribution in [-0.4, -0.2) is 35.3 Å². The van der Waals surface area contributed by atoms with Gasteiger partial charge < -0.3 is 14.2 Å². The van der Waals surface area contributed by atoms with Gasteiger partial charge in [-0.2, -0.15) is 0 Å². The summed E-state index contributed by atoms with van der Waals surface area (Å²) in [5.41, 5.74) is 0.319. The first-order valence-electron chi connectivity index (χ1n) is 9.56. The molecule has 1 aromatic rings. The number of carbonyl (C=O) groups excluding carboxylic acids is 6. The highest BCUT2D eigenvalue weighted by molar-refractivity contribution is 6.16. The molecule has 9 heteroatoms. The Balaban J connectivity index is 3.04. The Morgan fingerprint density at radius 2 is 0.758 bits per heavy atom. The molecule has 0 aromatic heterocycles. The summed E-state index contributed by atoms with van der Waals surface area (Å²) in [7, 11) is 0. The van der Waals surface area contributed by atoms with Crippen molar-refractivity contribution in [2.24, 2.45) is 0 Å². The average Bonchev–Trinajstić information content (AvgIpc) is 2.77. The lowest BCUT2D eigenvalue weighted by Gasteiger charge is -2.12. The highest BCUT2D eigenvalue weighted by atomic mass is 16.5. The molecule has 0 heterocycles. The summed E-state index contributed by atoms with van der Waals surface area (Å²) in [6, 6.07) is 4.65. The zero-order chi connectivity index (χ0) is 25.3. The van der Waals surface area contributed by atoms with Gasteiger partial charge in [0, 0.05) is 0 Å². The van der Waals surface area contributed by atoms with Gasteiger partial charge in [0.1, 0.15) is 19.8 Å². The highest BCUT2D eigenvalue weighted by Crippen LogP contribution is 2.16. The van der Waals surface area contributed by atoms with Gasteiger partial charge in [-0.05, 0) is 55.7 Å². The maximum atomic E-state index is 11.9. The van der Waals surface area contributed by atoms with Crippen molar-refractivity contribution in [1.29, 1.82) is 0 Å². The molecule has 0 fully saturated rings. The van der Waals surface area contributed by atoms with E-state index in [0.29, 0.717) is 16.7 Å². The molecule has 0 bridgehead atoms. The van der Waals surface area contributed by atoms with Crippen LogP contribution in [0.25, 0.3) is 0 Å². The van der Waals surface area contributed by atoms with Crippen molar-refractivity contribution in [2.75, 3.05) is 0 Å². The molecule has 33 heavy (non-hydrogen) atoms. The molecule has 1 rings (SSSR count). The molecule has 9 nitrogen and oxygen atoms in total. The molecule has 0 spiro atoms. The second-order valence-corrected chi connectivity index (χ2v) is 6.99. The van der Waals surface area contributed by atoms with E-state index in [4.69, 9.17) is 14.2 Å². The fraction of sp³-hybridized carbons (Fsp3) is 0.250. The summed E-state index contributed by atoms with van der Waals surface area (Å²) in [4.78, 5) is 69.4. The molecule has 0 N–H and O–H groups in total. The van der Waals surface area contributed by atoms with E-state index < -0.39 is 35.3 Å². The zero-order valence-corrected chi connectivity index (χ0v) is 18.6. The van der Waals surface area contributed by atoms with Gasteiger partial charge in [-0.15, -0.1) is 0 Å². The predicted octanol–water partition coefficient (Wildman–Crippen LogP) is 2.25. The molecule has 1 aromatic carbocycles. The van der Waals surface area contributed by atoms with Crippen molar-refractivity contribution in [3.63, 3.8) is 0 Å². The number of hydrogen-bond donors (Lipinski definition) is 0. The van der Waals surface area contributed by atoms with E-state index in [1.54, 1.807) is 18.2 Å². The molecule has 0 aliphatic heterocycles. The van der Waals surface area contributed by atoms with E-state index in [2.05, 4.69) is 19.7 Å². The molecule has 0 radical (unpaired) electrons. The quantitative estimate of drug-likeness (QED) is 0.153. The van der Waals surface area contributed by atoms with Crippen molar-refractivity contribution in [3.05, 3.63) is 71.3 Å². The van der Waals surface area contributed by atoms with Gasteiger partial charge in [-0.25, -0.2) is 14.4 Å². The van der Waals surface area contributed by atoms with Gasteiger partial charge in [0.25, 0.3) is 0 Å². The maximum absolute atomic E-state index is 11.9. The zero-order valence-electron chi connectivity index (χ0n) is 18.6. The smallest absolute Gasteiger partial charge is 0.341 e. The standard InChI is InChI=1S/C24H24O9/c1-13(16(4)25)22(28)31-10-19-7-20(11-32-23(29)14(2)17(5)26)9-21(8-19)12-33-24(30)15(3)18(6)27/h7-9H,1-3,10-12H2,4-6H3. The summed E-state index contributed by atoms with van der Waals surface area (Å²) >= 11 is 0. The van der Waals surface area contributed by atoms with Crippen LogP contribution < -0.4 is 0 Å². The van der Waals surface area contributed by atoms with Crippen LogP contribution in [0.1, 0.15) is 37.5 Å². The average molecular weight is 456 g/mol. The van der Waals surface area contributed by atoms with Crippen LogP contribution in [-0.2, 0) is 62.8 Å². The summed E-state index contributed by atoms with van der Waals surface area (Å²) in [6.45, 7) is 12.8. The van der Waals surface area contributed by atoms with Crippen LogP contribution in [0.15, 0.2) is 54.7 Å². The molecule has 174 valence electrons. The lowest BCUT2D eigenvalue weighted by Crippen LogP contribution is -2.14. The van der Waals surface area contributed by atoms with E-state index in [1.807, 2.05) is 0 Å². The van der Waals surface area contributed by atoms with E-state index in [9.17, 15) is 28.8 Å². The Kier molecular flexibility index (Phi) is 9.81. The normalized spacial score (nSPS) is 9.91. The van der Waals surface area contributed by atoms with E-state index >= 15 is 0 Å². The molecule has 0 aliphatic carbocycles. The fourth-order valence-corrected chi connectivity index (χ4v) is 2.23. The SMILES string of the molecule is C=C(C(C)=O)C(=O)OCc1cc(COC(=O)C(=C)C(C)=O)cc(COC(=O)C(=C)C(C)=O)c1. The number of ether oxygens (including phenoxy) is 3. The van der Waals surface area contributed by atoms with Crippen LogP contribution >= 0.6 is 0 Å². The van der Waals surface area contributed by atoms with Crippen LogP contribution in [0.4, 0.5) is 0 Å². The van der Waals surface area contributed by atoms with E-state index in [-0.39, 0.29) is 36.5 Å². The van der Waals surface area contributed by atoms with E-state index in [1.165, 1.54) is 20.8 Å². The van der Waals surface area contributed by atoms with E-state index in [0.717, 1.165) is 0 Å². The third-order valence-electron chi connectivity index (χ3n) is 4.24. The Morgan fingerprint density at radius 3 is 0.939 bits per heavy atom. The molecular formula is C24H24O9. The summed E-state index contributed by atoms with van der Waals surface area (Å²) in [5, 5.41) is 0. The minimum absolute atomic E-state index is 0.256. The van der Waals surface area contributed by atoms with Gasteiger partial charge in [0.2, 0.25) is 0 Å². The first-order valence-corrected chi connectivity index (χ1v) is 9.56. The molecule has 0 saturated heterocycles. The van der Waals surface area contributed by atoms with Crippen LogP contribution in [0.2, 0.25) is 0 Å².